The van der Waals surface area contributed by atoms with Gasteiger partial charge in [-0.15, -0.1) is 47.5 Å². The van der Waals surface area contributed by atoms with E-state index in [9.17, 15) is 1.37 Å². The minimum Gasteiger partial charge on any atom is -0.500 e. The number of furan rings is 1. The molecule has 0 spiro atoms. The van der Waals surface area contributed by atoms with E-state index in [1.165, 1.54) is 18.5 Å². The van der Waals surface area contributed by atoms with Crippen LogP contribution < -0.4 is 0 Å². The van der Waals surface area contributed by atoms with Gasteiger partial charge in [0, 0.05) is 55.6 Å². The van der Waals surface area contributed by atoms with Gasteiger partial charge in [-0.25, -0.2) is 0 Å². The molecule has 0 bridgehead atoms. The largest absolute Gasteiger partial charge is 0.500 e. The van der Waals surface area contributed by atoms with Crippen molar-refractivity contribution in [3.8, 4) is 33.6 Å². The fourth-order valence-electron chi connectivity index (χ4n) is 8.43. The van der Waals surface area contributed by atoms with Crippen molar-refractivity contribution in [2.75, 3.05) is 0 Å². The van der Waals surface area contributed by atoms with E-state index >= 15 is 0 Å². The van der Waals surface area contributed by atoms with Crippen LogP contribution in [-0.2, 0) is 20.1 Å². The van der Waals surface area contributed by atoms with Crippen LogP contribution in [0.25, 0.3) is 66.4 Å². The maximum atomic E-state index is 9.68. The van der Waals surface area contributed by atoms with Gasteiger partial charge in [0.05, 0.1) is 5.58 Å². The van der Waals surface area contributed by atoms with Gasteiger partial charge in [0.15, 0.2) is 0 Å². The summed E-state index contributed by atoms with van der Waals surface area (Å²) >= 11 is 0. The summed E-state index contributed by atoms with van der Waals surface area (Å²) in [5.41, 5.74) is 6.74. The number of pyridine rings is 2. The first kappa shape index (κ1) is 28.5. The number of nitrogens with zero attached hydrogens (tertiary/aromatic N) is 2. The summed E-state index contributed by atoms with van der Waals surface area (Å²) in [7, 11) is 0. The second-order valence-electron chi connectivity index (χ2n) is 16.0. The molecular formula is C51H48IrN2O-2. The molecule has 3 aromatic heterocycles. The van der Waals surface area contributed by atoms with Gasteiger partial charge >= 0.3 is 0 Å². The normalized spacial score (nSPS) is 18.5. The van der Waals surface area contributed by atoms with Crippen molar-refractivity contribution in [2.24, 2.45) is 10.8 Å². The molecule has 1 saturated carbocycles. The predicted molar refractivity (Wildman–Crippen MR) is 226 cm³/mol. The predicted octanol–water partition coefficient (Wildman–Crippen LogP) is 14.1. The van der Waals surface area contributed by atoms with E-state index in [0.717, 1.165) is 39.1 Å². The van der Waals surface area contributed by atoms with Gasteiger partial charge in [-0.3, -0.25) is 0 Å². The molecule has 0 unspecified atom stereocenters. The molecule has 1 radical (unpaired) electrons. The zero-order valence-electron chi connectivity index (χ0n) is 40.4. The van der Waals surface area contributed by atoms with Crippen LogP contribution in [0.15, 0.2) is 126 Å². The van der Waals surface area contributed by atoms with Crippen molar-refractivity contribution in [1.29, 1.82) is 0 Å². The Hall–Kier alpha value is -4.89. The topological polar surface area (TPSA) is 38.9 Å². The van der Waals surface area contributed by atoms with E-state index in [1.54, 1.807) is 18.2 Å². The van der Waals surface area contributed by atoms with E-state index in [1.807, 2.05) is 60.7 Å². The Bertz CT molecular complexity index is 2940. The number of hydrogen-bond donors (Lipinski definition) is 0. The molecule has 0 atom stereocenters. The number of benzene rings is 5. The van der Waals surface area contributed by atoms with Gasteiger partial charge in [-0.1, -0.05) is 136 Å². The van der Waals surface area contributed by atoms with Gasteiger partial charge in [0.1, 0.15) is 5.58 Å². The van der Waals surface area contributed by atoms with Crippen LogP contribution in [0.1, 0.15) is 87.4 Å². The molecular weight excluding hydrogens is 849 g/mol. The minimum absolute atomic E-state index is 0. The molecule has 0 aliphatic heterocycles. The van der Waals surface area contributed by atoms with Crippen LogP contribution in [0.5, 0.6) is 0 Å². The summed E-state index contributed by atoms with van der Waals surface area (Å²) in [4.78, 5) is 8.91. The van der Waals surface area contributed by atoms with Crippen LogP contribution in [0.2, 0.25) is 0 Å². The Labute approximate surface area is 352 Å². The van der Waals surface area contributed by atoms with E-state index in [-0.39, 0.29) is 42.1 Å². The van der Waals surface area contributed by atoms with Crippen molar-refractivity contribution < 1.29 is 36.9 Å². The Balaban J connectivity index is 0.000000205. The number of aromatic nitrogens is 2. The van der Waals surface area contributed by atoms with Crippen molar-refractivity contribution >= 4 is 32.7 Å². The Morgan fingerprint density at radius 1 is 0.727 bits per heavy atom. The first-order valence-electron chi connectivity index (χ1n) is 23.0. The number of rotatable bonds is 4. The van der Waals surface area contributed by atoms with Crippen LogP contribution in [0.3, 0.4) is 0 Å². The summed E-state index contributed by atoms with van der Waals surface area (Å²) in [5.74, 6) is -1.05. The maximum Gasteiger partial charge on any atom is 0.128 e. The van der Waals surface area contributed by atoms with Crippen LogP contribution >= 0.6 is 0 Å². The fourth-order valence-corrected chi connectivity index (χ4v) is 8.43. The standard InChI is InChI=1S/C32H32NO.C19H16N.Ir/c1-20-18-33-28(15-27(20)22-16-31(2,3)19-32(4,5)17-22)26-12-8-11-24-25-14-13-21-9-6-7-10-23(21)29(25)34-30(24)26;1-14-8-11-19(20-13-14)17-10-9-15(2)18(12-17)16-6-4-3-5-7-16;/h6-11,13-15,18,22H,16-17,19H2,1-5H3;3-9,11-13H,1-2H3;/q2*-1;/i1D3,22D;1D2,2D3;. The zero-order valence-corrected chi connectivity index (χ0v) is 33.8. The molecule has 1 aliphatic rings. The quantitative estimate of drug-likeness (QED) is 0.165. The number of fused-ring (bicyclic) bond motifs is 5. The van der Waals surface area contributed by atoms with E-state index in [0.29, 0.717) is 57.6 Å². The molecule has 3 nitrogen and oxygen atoms in total. The van der Waals surface area contributed by atoms with Crippen molar-refractivity contribution in [3.63, 3.8) is 0 Å². The van der Waals surface area contributed by atoms with Gasteiger partial charge in [0.2, 0.25) is 0 Å². The third kappa shape index (κ3) is 7.95. The van der Waals surface area contributed by atoms with Gasteiger partial charge in [-0.2, -0.15) is 0 Å². The summed E-state index contributed by atoms with van der Waals surface area (Å²) in [6.45, 7) is 3.05. The molecule has 1 aliphatic carbocycles. The maximum absolute atomic E-state index is 9.68. The second kappa shape index (κ2) is 15.3. The van der Waals surface area contributed by atoms with E-state index in [2.05, 4.69) is 74.1 Å². The minimum atomic E-state index is -2.37. The van der Waals surface area contributed by atoms with Crippen LogP contribution in [0, 0.1) is 43.5 Å². The van der Waals surface area contributed by atoms with Crippen molar-refractivity contribution in [1.82, 2.24) is 9.97 Å². The van der Waals surface area contributed by atoms with Gasteiger partial charge < -0.3 is 14.4 Å². The molecule has 0 N–H and O–H groups in total. The molecule has 9 rings (SSSR count). The fraction of sp³-hybridized carbons (Fsp3) is 0.255. The summed E-state index contributed by atoms with van der Waals surface area (Å²) in [6, 6.07) is 40.3. The molecule has 5 aromatic carbocycles. The molecule has 279 valence electrons. The van der Waals surface area contributed by atoms with Crippen LogP contribution in [0.4, 0.5) is 0 Å². The molecule has 1 fully saturated rings. The molecule has 0 saturated heterocycles. The average Bonchev–Trinajstić information content (AvgIpc) is 3.62. The molecule has 55 heavy (non-hydrogen) atoms. The summed E-state index contributed by atoms with van der Waals surface area (Å²) < 4.78 is 79.0. The monoisotopic (exact) mass is 906 g/mol. The SMILES string of the molecule is [2H]C([2H])([2H])c1cnc(-c2[c-]ccc3c2oc2c4ccccc4ccc32)cc1C1([2H])CC(C)(C)CC(C)(C)C1.[2H]C([2H])c1ccc(-c2[c-]cc(C([2H])([2H])[2H])c(-c3ccccc3)c2)nc1.[Ir]. The Morgan fingerprint density at radius 2 is 1.47 bits per heavy atom. The first-order chi connectivity index (χ1) is 29.6. The van der Waals surface area contributed by atoms with Crippen LogP contribution in [-0.4, -0.2) is 9.97 Å². The average molecular weight is 906 g/mol. The third-order valence-corrected chi connectivity index (χ3v) is 10.3. The molecule has 8 aromatic rings. The van der Waals surface area contributed by atoms with Crippen molar-refractivity contribution in [3.05, 3.63) is 156 Å². The van der Waals surface area contributed by atoms with E-state index < -0.39 is 26.5 Å². The first-order valence-corrected chi connectivity index (χ1v) is 18.3. The molecule has 4 heteroatoms. The third-order valence-electron chi connectivity index (χ3n) is 10.3. The Morgan fingerprint density at radius 3 is 2.22 bits per heavy atom. The molecule has 3 heterocycles. The van der Waals surface area contributed by atoms with Gasteiger partial charge in [0.25, 0.3) is 0 Å². The zero-order chi connectivity index (χ0) is 45.1. The smallest absolute Gasteiger partial charge is 0.128 e. The Kier molecular flexibility index (Phi) is 7.95. The number of hydrogen-bond acceptors (Lipinski definition) is 3. The second-order valence-corrected chi connectivity index (χ2v) is 16.0. The number of aryl methyl sites for hydroxylation is 3. The summed E-state index contributed by atoms with van der Waals surface area (Å²) in [5, 5.41) is 4.12. The molecule has 0 amide bonds. The van der Waals surface area contributed by atoms with Gasteiger partial charge in [-0.05, 0) is 88.7 Å². The van der Waals surface area contributed by atoms with E-state index in [4.69, 9.17) is 15.4 Å². The van der Waals surface area contributed by atoms with Crippen molar-refractivity contribution in [2.45, 2.75) is 73.4 Å². The summed E-state index contributed by atoms with van der Waals surface area (Å²) in [6.07, 6.45) is 5.10.